The molecule has 0 atom stereocenters. The van der Waals surface area contributed by atoms with E-state index < -0.39 is 6.03 Å². The fourth-order valence-electron chi connectivity index (χ4n) is 5.19. The molecular formula is C30H27ClFN5O3. The predicted octanol–water partition coefficient (Wildman–Crippen LogP) is 5.42. The minimum atomic E-state index is -0.426. The van der Waals surface area contributed by atoms with Crippen molar-refractivity contribution in [2.24, 2.45) is 7.05 Å². The molecular weight excluding hydrogens is 533 g/mol. The van der Waals surface area contributed by atoms with Crippen molar-refractivity contribution in [1.82, 2.24) is 19.8 Å². The largest absolute Gasteiger partial charge is 0.489 e. The standard InChI is InChI=1S/C30H27ClFN5O3/c1-35-28(37-12-11-27(38)34-30(37)39)14-33-29(35)20-7-8-21-16-36(17-22(21)13-20)15-19-5-9-23(10-6-19)40-18-24-25(31)3-2-4-26(24)32/h2-10,13-14H,11-12,15-18H2,1H3,(H,34,38,39). The van der Waals surface area contributed by atoms with Gasteiger partial charge < -0.3 is 9.30 Å². The van der Waals surface area contributed by atoms with Crippen molar-refractivity contribution in [3.63, 3.8) is 0 Å². The molecule has 4 aromatic rings. The smallest absolute Gasteiger partial charge is 0.329 e. The van der Waals surface area contributed by atoms with Crippen LogP contribution in [0.15, 0.2) is 66.9 Å². The molecule has 6 rings (SSSR count). The molecule has 40 heavy (non-hydrogen) atoms. The van der Waals surface area contributed by atoms with Crippen LogP contribution in [0.4, 0.5) is 15.0 Å². The van der Waals surface area contributed by atoms with Crippen LogP contribution in [0, 0.1) is 5.82 Å². The summed E-state index contributed by atoms with van der Waals surface area (Å²) < 4.78 is 21.6. The van der Waals surface area contributed by atoms with E-state index in [1.165, 1.54) is 17.2 Å². The lowest BCUT2D eigenvalue weighted by atomic mass is 10.1. The highest BCUT2D eigenvalue weighted by atomic mass is 35.5. The number of nitrogens with zero attached hydrogens (tertiary/aromatic N) is 4. The van der Waals surface area contributed by atoms with Gasteiger partial charge in [0.1, 0.15) is 29.8 Å². The summed E-state index contributed by atoms with van der Waals surface area (Å²) in [6.07, 6.45) is 1.93. The number of carbonyl (C=O) groups is 2. The summed E-state index contributed by atoms with van der Waals surface area (Å²) in [5.41, 5.74) is 4.98. The molecule has 3 amide bonds. The molecule has 0 bridgehead atoms. The number of rotatable bonds is 7. The van der Waals surface area contributed by atoms with Gasteiger partial charge in [0.05, 0.1) is 11.2 Å². The highest BCUT2D eigenvalue weighted by molar-refractivity contribution is 6.31. The summed E-state index contributed by atoms with van der Waals surface area (Å²) in [6, 6.07) is 18.3. The van der Waals surface area contributed by atoms with Crippen molar-refractivity contribution in [2.45, 2.75) is 32.7 Å². The summed E-state index contributed by atoms with van der Waals surface area (Å²) in [5.74, 6) is 1.41. The first-order chi connectivity index (χ1) is 19.4. The van der Waals surface area contributed by atoms with Crippen LogP contribution in [-0.2, 0) is 38.1 Å². The van der Waals surface area contributed by atoms with E-state index in [1.54, 1.807) is 23.2 Å². The number of carbonyl (C=O) groups excluding carboxylic acids is 2. The third kappa shape index (κ3) is 5.17. The van der Waals surface area contributed by atoms with Crippen molar-refractivity contribution in [3.8, 4) is 17.1 Å². The number of halogens is 2. The molecule has 0 aliphatic carbocycles. The Morgan fingerprint density at radius 1 is 1.05 bits per heavy atom. The van der Waals surface area contributed by atoms with Gasteiger partial charge in [0.15, 0.2) is 0 Å². The van der Waals surface area contributed by atoms with Gasteiger partial charge in [0.2, 0.25) is 5.91 Å². The number of benzene rings is 3. The molecule has 0 saturated carbocycles. The van der Waals surface area contributed by atoms with Crippen molar-refractivity contribution < 1.29 is 18.7 Å². The summed E-state index contributed by atoms with van der Waals surface area (Å²) in [6.45, 7) is 2.82. The second kappa shape index (κ2) is 10.7. The highest BCUT2D eigenvalue weighted by Crippen LogP contribution is 2.31. The molecule has 3 aromatic carbocycles. The van der Waals surface area contributed by atoms with Gasteiger partial charge in [0.25, 0.3) is 0 Å². The molecule has 1 fully saturated rings. The van der Waals surface area contributed by atoms with Crippen LogP contribution in [-0.4, -0.2) is 32.9 Å². The number of nitrogens with one attached hydrogen (secondary N) is 1. The fraction of sp³-hybridized carbons (Fsp3) is 0.233. The first-order valence-electron chi connectivity index (χ1n) is 13.0. The van der Waals surface area contributed by atoms with Gasteiger partial charge >= 0.3 is 6.03 Å². The average molecular weight is 560 g/mol. The molecule has 3 heterocycles. The number of imide groups is 1. The number of ether oxygens (including phenoxy) is 1. The maximum absolute atomic E-state index is 14.0. The Bertz CT molecular complexity index is 1580. The van der Waals surface area contributed by atoms with E-state index in [-0.39, 0.29) is 24.8 Å². The first-order valence-corrected chi connectivity index (χ1v) is 13.4. The van der Waals surface area contributed by atoms with Gasteiger partial charge in [-0.2, -0.15) is 0 Å². The van der Waals surface area contributed by atoms with Crippen LogP contribution in [0.25, 0.3) is 11.4 Å². The van der Waals surface area contributed by atoms with Crippen molar-refractivity contribution in [2.75, 3.05) is 11.4 Å². The van der Waals surface area contributed by atoms with Gasteiger partial charge in [-0.15, -0.1) is 0 Å². The van der Waals surface area contributed by atoms with Gasteiger partial charge in [-0.25, -0.2) is 14.2 Å². The summed E-state index contributed by atoms with van der Waals surface area (Å²) in [5, 5.41) is 2.71. The second-order valence-corrected chi connectivity index (χ2v) is 10.4. The van der Waals surface area contributed by atoms with Crippen molar-refractivity contribution >= 4 is 29.4 Å². The van der Waals surface area contributed by atoms with E-state index in [1.807, 2.05) is 35.9 Å². The fourth-order valence-corrected chi connectivity index (χ4v) is 5.41. The minimum Gasteiger partial charge on any atom is -0.489 e. The van der Waals surface area contributed by atoms with Crippen LogP contribution in [0.2, 0.25) is 5.02 Å². The number of anilines is 1. The monoisotopic (exact) mass is 559 g/mol. The Morgan fingerprint density at radius 2 is 1.85 bits per heavy atom. The molecule has 0 radical (unpaired) electrons. The zero-order valence-electron chi connectivity index (χ0n) is 21.9. The number of hydrogen-bond acceptors (Lipinski definition) is 5. The molecule has 2 aliphatic rings. The van der Waals surface area contributed by atoms with E-state index in [4.69, 9.17) is 16.3 Å². The van der Waals surface area contributed by atoms with E-state index in [2.05, 4.69) is 33.4 Å². The maximum Gasteiger partial charge on any atom is 0.329 e. The lowest BCUT2D eigenvalue weighted by molar-refractivity contribution is -0.120. The van der Waals surface area contributed by atoms with Gasteiger partial charge in [-0.3, -0.25) is 19.9 Å². The Labute approximate surface area is 235 Å². The molecule has 2 aliphatic heterocycles. The van der Waals surface area contributed by atoms with Crippen LogP contribution in [0.5, 0.6) is 5.75 Å². The van der Waals surface area contributed by atoms with Crippen LogP contribution < -0.4 is 15.0 Å². The van der Waals surface area contributed by atoms with Crippen molar-refractivity contribution in [1.29, 1.82) is 0 Å². The summed E-state index contributed by atoms with van der Waals surface area (Å²) in [4.78, 5) is 32.3. The predicted molar refractivity (Wildman–Crippen MR) is 149 cm³/mol. The van der Waals surface area contributed by atoms with Crippen LogP contribution in [0.1, 0.15) is 28.7 Å². The molecule has 1 N–H and O–H groups in total. The number of fused-ring (bicyclic) bond motifs is 1. The molecule has 204 valence electrons. The maximum atomic E-state index is 14.0. The lowest BCUT2D eigenvalue weighted by Crippen LogP contribution is -2.50. The Hall–Kier alpha value is -4.21. The van der Waals surface area contributed by atoms with E-state index in [0.29, 0.717) is 28.7 Å². The first kappa shape index (κ1) is 26.0. The number of aromatic nitrogens is 2. The average Bonchev–Trinajstić information content (AvgIpc) is 3.51. The van der Waals surface area contributed by atoms with Gasteiger partial charge in [-0.05, 0) is 47.0 Å². The number of urea groups is 1. The Morgan fingerprint density at radius 3 is 2.62 bits per heavy atom. The Balaban J connectivity index is 1.09. The van der Waals surface area contributed by atoms with Gasteiger partial charge in [0, 0.05) is 50.8 Å². The van der Waals surface area contributed by atoms with Crippen LogP contribution in [0.3, 0.4) is 0 Å². The summed E-state index contributed by atoms with van der Waals surface area (Å²) >= 11 is 6.09. The molecule has 1 saturated heterocycles. The third-order valence-corrected chi connectivity index (χ3v) is 7.68. The van der Waals surface area contributed by atoms with Gasteiger partial charge in [-0.1, -0.05) is 41.9 Å². The van der Waals surface area contributed by atoms with Crippen LogP contribution >= 0.6 is 11.6 Å². The molecule has 0 unspecified atom stereocenters. The van der Waals surface area contributed by atoms with Crippen molar-refractivity contribution in [3.05, 3.63) is 100.0 Å². The molecule has 0 spiro atoms. The number of amides is 3. The van der Waals surface area contributed by atoms with E-state index in [0.717, 1.165) is 36.6 Å². The number of imidazole rings is 1. The van der Waals surface area contributed by atoms with E-state index in [9.17, 15) is 14.0 Å². The minimum absolute atomic E-state index is 0.0665. The van der Waals surface area contributed by atoms with E-state index >= 15 is 0 Å². The SMILES string of the molecule is Cn1c(N2CCC(=O)NC2=O)cnc1-c1ccc2c(c1)CN(Cc1ccc(OCc3c(F)cccc3Cl)cc1)C2. The molecule has 8 nitrogen and oxygen atoms in total. The second-order valence-electron chi connectivity index (χ2n) is 10.0. The zero-order chi connectivity index (χ0) is 27.8. The molecule has 10 heteroatoms. The normalized spacial score (nSPS) is 15.3. The number of hydrogen-bond donors (Lipinski definition) is 1. The molecule has 1 aromatic heterocycles. The Kier molecular flexibility index (Phi) is 7.00. The third-order valence-electron chi connectivity index (χ3n) is 7.32. The topological polar surface area (TPSA) is 79.7 Å². The lowest BCUT2D eigenvalue weighted by Gasteiger charge is -2.26. The summed E-state index contributed by atoms with van der Waals surface area (Å²) in [7, 11) is 1.87. The zero-order valence-corrected chi connectivity index (χ0v) is 22.6. The highest BCUT2D eigenvalue weighted by Gasteiger charge is 2.27. The quantitative estimate of drug-likeness (QED) is 0.327.